The van der Waals surface area contributed by atoms with E-state index < -0.39 is 0 Å². The Balaban J connectivity index is 1.53. The van der Waals surface area contributed by atoms with Crippen LogP contribution >= 0.6 is 23.2 Å². The van der Waals surface area contributed by atoms with Gasteiger partial charge in [0.15, 0.2) is 6.61 Å². The summed E-state index contributed by atoms with van der Waals surface area (Å²) in [7, 11) is 3.33. The number of halogens is 2. The van der Waals surface area contributed by atoms with Crippen LogP contribution in [-0.4, -0.2) is 47.0 Å². The molecule has 0 fully saturated rings. The second-order valence-corrected chi connectivity index (χ2v) is 8.55. The molecule has 0 aliphatic heterocycles. The van der Waals surface area contributed by atoms with Crippen LogP contribution in [0.4, 0.5) is 5.69 Å². The zero-order valence-corrected chi connectivity index (χ0v) is 20.1. The van der Waals surface area contributed by atoms with Crippen molar-refractivity contribution in [3.8, 4) is 17.1 Å². The van der Waals surface area contributed by atoms with E-state index in [0.29, 0.717) is 32.9 Å². The summed E-state index contributed by atoms with van der Waals surface area (Å²) in [6.45, 7) is -0.0322. The van der Waals surface area contributed by atoms with Gasteiger partial charge in [0.25, 0.3) is 5.91 Å². The van der Waals surface area contributed by atoms with E-state index in [2.05, 4.69) is 5.32 Å². The van der Waals surface area contributed by atoms with Gasteiger partial charge in [0.1, 0.15) is 18.1 Å². The maximum atomic E-state index is 12.9. The van der Waals surface area contributed by atoms with Gasteiger partial charge in [0, 0.05) is 25.3 Å². The third-order valence-corrected chi connectivity index (χ3v) is 5.97. The number of likely N-dealkylation sites (N-methyl/N-ethyl adjacent to an activating group) is 1. The van der Waals surface area contributed by atoms with Gasteiger partial charge in [-0.05, 0) is 48.5 Å². The second kappa shape index (κ2) is 10.2. The third kappa shape index (κ3) is 5.16. The molecule has 1 aromatic heterocycles. The highest BCUT2D eigenvalue weighted by Crippen LogP contribution is 2.34. The van der Waals surface area contributed by atoms with Crippen molar-refractivity contribution in [1.82, 2.24) is 14.5 Å². The van der Waals surface area contributed by atoms with E-state index in [1.54, 1.807) is 50.5 Å². The Kier molecular flexibility index (Phi) is 7.05. The number of hydrogen-bond acceptors (Lipinski definition) is 4. The average molecular weight is 497 g/mol. The molecule has 34 heavy (non-hydrogen) atoms. The molecule has 0 bridgehead atoms. The van der Waals surface area contributed by atoms with Crippen LogP contribution < -0.4 is 10.1 Å². The average Bonchev–Trinajstić information content (AvgIpc) is 3.18. The van der Waals surface area contributed by atoms with Crippen LogP contribution in [0.15, 0.2) is 66.7 Å². The van der Waals surface area contributed by atoms with Gasteiger partial charge in [-0.15, -0.1) is 0 Å². The van der Waals surface area contributed by atoms with Gasteiger partial charge in [-0.3, -0.25) is 9.59 Å². The van der Waals surface area contributed by atoms with Crippen molar-refractivity contribution in [2.75, 3.05) is 26.0 Å². The molecule has 1 N–H and O–H groups in total. The fourth-order valence-corrected chi connectivity index (χ4v) is 3.76. The van der Waals surface area contributed by atoms with Crippen molar-refractivity contribution < 1.29 is 14.3 Å². The van der Waals surface area contributed by atoms with Crippen LogP contribution in [0.2, 0.25) is 10.0 Å². The summed E-state index contributed by atoms with van der Waals surface area (Å²) in [5.74, 6) is 0.712. The molecule has 0 radical (unpaired) electrons. The first-order valence-electron chi connectivity index (χ1n) is 10.5. The molecule has 0 atom stereocenters. The number of ether oxygens (including phenoxy) is 1. The van der Waals surface area contributed by atoms with Crippen molar-refractivity contribution in [3.63, 3.8) is 0 Å². The van der Waals surface area contributed by atoms with Gasteiger partial charge >= 0.3 is 0 Å². The summed E-state index contributed by atoms with van der Waals surface area (Å²) in [6, 6.07) is 19.7. The monoisotopic (exact) mass is 496 g/mol. The van der Waals surface area contributed by atoms with Crippen molar-refractivity contribution in [2.24, 2.45) is 0 Å². The van der Waals surface area contributed by atoms with Crippen molar-refractivity contribution in [1.29, 1.82) is 0 Å². The molecule has 9 heteroatoms. The summed E-state index contributed by atoms with van der Waals surface area (Å²) >= 11 is 12.7. The van der Waals surface area contributed by atoms with Crippen LogP contribution in [-0.2, 0) is 16.1 Å². The number of amides is 2. The number of rotatable bonds is 7. The number of carbonyl (C=O) groups is 2. The number of imidazole rings is 1. The van der Waals surface area contributed by atoms with E-state index in [9.17, 15) is 9.59 Å². The molecule has 4 aromatic rings. The summed E-state index contributed by atoms with van der Waals surface area (Å²) in [4.78, 5) is 30.8. The zero-order chi connectivity index (χ0) is 24.2. The lowest BCUT2D eigenvalue weighted by atomic mass is 10.2. The van der Waals surface area contributed by atoms with Gasteiger partial charge in [0.05, 0.1) is 21.1 Å². The van der Waals surface area contributed by atoms with Gasteiger partial charge in [-0.1, -0.05) is 41.4 Å². The minimum atomic E-state index is -0.237. The topological polar surface area (TPSA) is 76.5 Å². The normalized spacial score (nSPS) is 10.8. The van der Waals surface area contributed by atoms with Crippen LogP contribution in [0, 0.1) is 0 Å². The van der Waals surface area contributed by atoms with Crippen molar-refractivity contribution in [3.05, 3.63) is 76.8 Å². The lowest BCUT2D eigenvalue weighted by molar-refractivity contribution is -0.130. The Morgan fingerprint density at radius 2 is 1.74 bits per heavy atom. The van der Waals surface area contributed by atoms with Crippen molar-refractivity contribution >= 4 is 51.7 Å². The smallest absolute Gasteiger partial charge is 0.259 e. The first-order chi connectivity index (χ1) is 16.3. The van der Waals surface area contributed by atoms with Gasteiger partial charge in [-0.25, -0.2) is 4.98 Å². The number of fused-ring (bicyclic) bond motifs is 1. The molecular formula is C25H22Cl2N4O3. The molecule has 7 nitrogen and oxygen atoms in total. The lowest BCUT2D eigenvalue weighted by Gasteiger charge is -2.13. The second-order valence-electron chi connectivity index (χ2n) is 7.76. The third-order valence-electron chi connectivity index (χ3n) is 5.15. The first-order valence-corrected chi connectivity index (χ1v) is 11.2. The predicted molar refractivity (Wildman–Crippen MR) is 134 cm³/mol. The predicted octanol–water partition coefficient (Wildman–Crippen LogP) is 5.12. The Morgan fingerprint density at radius 3 is 2.47 bits per heavy atom. The van der Waals surface area contributed by atoms with E-state index in [1.807, 2.05) is 34.9 Å². The number of nitrogens with zero attached hydrogens (tertiary/aromatic N) is 3. The number of para-hydroxylation sites is 2. The summed E-state index contributed by atoms with van der Waals surface area (Å²) < 4.78 is 7.28. The number of carbonyl (C=O) groups excluding carboxylic acids is 2. The van der Waals surface area contributed by atoms with E-state index in [0.717, 1.165) is 11.0 Å². The Bertz CT molecular complexity index is 1350. The van der Waals surface area contributed by atoms with E-state index in [1.165, 1.54) is 4.90 Å². The molecule has 0 unspecified atom stereocenters. The Hall–Kier alpha value is -3.55. The number of benzene rings is 3. The van der Waals surface area contributed by atoms with E-state index in [4.69, 9.17) is 32.9 Å². The maximum absolute atomic E-state index is 12.9. The Labute approximate surface area is 206 Å². The number of aromatic nitrogens is 2. The standard InChI is InChI=1S/C25H22Cl2N4O3/c1-30(2)23(33)15-34-17-12-10-16(11-13-17)28-22(32)14-31-21-9-4-3-8-20(21)29-25(31)18-6-5-7-19(26)24(18)27/h3-13H,14-15H2,1-2H3,(H,28,32). The molecular weight excluding hydrogens is 475 g/mol. The fourth-order valence-electron chi connectivity index (χ4n) is 3.37. The van der Waals surface area contributed by atoms with Crippen LogP contribution in [0.1, 0.15) is 0 Å². The number of nitrogens with one attached hydrogen (secondary N) is 1. The molecule has 1 heterocycles. The number of anilines is 1. The molecule has 0 aliphatic carbocycles. The van der Waals surface area contributed by atoms with Crippen molar-refractivity contribution in [2.45, 2.75) is 6.54 Å². The summed E-state index contributed by atoms with van der Waals surface area (Å²) in [5, 5.41) is 3.68. The molecule has 0 spiro atoms. The van der Waals surface area contributed by atoms with Gasteiger partial charge in [0.2, 0.25) is 5.91 Å². The lowest BCUT2D eigenvalue weighted by Crippen LogP contribution is -2.27. The highest BCUT2D eigenvalue weighted by molar-refractivity contribution is 6.43. The van der Waals surface area contributed by atoms with Crippen LogP contribution in [0.25, 0.3) is 22.4 Å². The molecule has 3 aromatic carbocycles. The van der Waals surface area contributed by atoms with Crippen LogP contribution in [0.5, 0.6) is 5.75 Å². The highest BCUT2D eigenvalue weighted by atomic mass is 35.5. The minimum Gasteiger partial charge on any atom is -0.484 e. The van der Waals surface area contributed by atoms with E-state index >= 15 is 0 Å². The molecule has 174 valence electrons. The van der Waals surface area contributed by atoms with E-state index in [-0.39, 0.29) is 25.0 Å². The van der Waals surface area contributed by atoms with Gasteiger partial charge < -0.3 is 19.5 Å². The quantitative estimate of drug-likeness (QED) is 0.385. The highest BCUT2D eigenvalue weighted by Gasteiger charge is 2.18. The Morgan fingerprint density at radius 1 is 1.00 bits per heavy atom. The van der Waals surface area contributed by atoms with Crippen LogP contribution in [0.3, 0.4) is 0 Å². The number of hydrogen-bond donors (Lipinski definition) is 1. The summed E-state index contributed by atoms with van der Waals surface area (Å²) in [5.41, 5.74) is 2.79. The first kappa shape index (κ1) is 23.6. The molecule has 0 saturated carbocycles. The van der Waals surface area contributed by atoms with Gasteiger partial charge in [-0.2, -0.15) is 0 Å². The molecule has 0 saturated heterocycles. The molecule has 2 amide bonds. The zero-order valence-electron chi connectivity index (χ0n) is 18.6. The SMILES string of the molecule is CN(C)C(=O)COc1ccc(NC(=O)Cn2c(-c3cccc(Cl)c3Cl)nc3ccccc32)cc1. The largest absolute Gasteiger partial charge is 0.484 e. The maximum Gasteiger partial charge on any atom is 0.259 e. The fraction of sp³-hybridized carbons (Fsp3) is 0.160. The minimum absolute atomic E-state index is 0.0221. The molecule has 0 aliphatic rings. The molecule has 4 rings (SSSR count). The summed E-state index contributed by atoms with van der Waals surface area (Å²) in [6.07, 6.45) is 0.